The second-order valence-electron chi connectivity index (χ2n) is 5.49. The van der Waals surface area contributed by atoms with Gasteiger partial charge in [0.15, 0.2) is 0 Å². The largest absolute Gasteiger partial charge is 0.481 e. The van der Waals surface area contributed by atoms with E-state index in [0.29, 0.717) is 21.7 Å². The molecule has 2 aromatic carbocycles. The number of benzene rings is 2. The summed E-state index contributed by atoms with van der Waals surface area (Å²) in [5.74, 6) is -1.44. The van der Waals surface area contributed by atoms with Crippen molar-refractivity contribution in [2.75, 3.05) is 7.11 Å². The van der Waals surface area contributed by atoms with Crippen molar-refractivity contribution in [3.05, 3.63) is 62.9 Å². The zero-order valence-electron chi connectivity index (χ0n) is 14.5. The van der Waals surface area contributed by atoms with Crippen LogP contribution in [-0.4, -0.2) is 33.6 Å². The number of fused-ring (bicyclic) bond motifs is 3. The summed E-state index contributed by atoms with van der Waals surface area (Å²) in [5, 5.41) is 20.2. The van der Waals surface area contributed by atoms with Gasteiger partial charge in [0, 0.05) is 29.8 Å². The first-order chi connectivity index (χ1) is 12.8. The summed E-state index contributed by atoms with van der Waals surface area (Å²) in [7, 11) is 1.22. The molecule has 0 amide bonds. The Morgan fingerprint density at radius 3 is 2.30 bits per heavy atom. The lowest BCUT2D eigenvalue weighted by Gasteiger charge is -2.12. The number of aliphatic carboxylic acids is 1. The molecule has 0 saturated carbocycles. The molecule has 3 aromatic rings. The van der Waals surface area contributed by atoms with E-state index in [2.05, 4.69) is 4.74 Å². The third kappa shape index (κ3) is 4.27. The van der Waals surface area contributed by atoms with Gasteiger partial charge in [0.1, 0.15) is 6.54 Å². The fourth-order valence-electron chi connectivity index (χ4n) is 2.59. The van der Waals surface area contributed by atoms with E-state index in [4.69, 9.17) is 9.90 Å². The van der Waals surface area contributed by atoms with Crippen molar-refractivity contribution in [2.45, 2.75) is 13.5 Å². The number of methoxy groups -OCH3 is 1. The number of pyridine rings is 1. The smallest absolute Gasteiger partial charge is 0.325 e. The first kappa shape index (κ1) is 19.6. The molecule has 0 saturated heterocycles. The van der Waals surface area contributed by atoms with Gasteiger partial charge in [-0.2, -0.15) is 0 Å². The number of nitro groups is 1. The minimum absolute atomic E-state index is 0.147. The number of aromatic nitrogens is 1. The molecule has 0 unspecified atom stereocenters. The lowest BCUT2D eigenvalue weighted by atomic mass is 10.1. The third-order valence-electron chi connectivity index (χ3n) is 3.69. The molecule has 9 heteroatoms. The Hall–Kier alpha value is -3.75. The summed E-state index contributed by atoms with van der Waals surface area (Å²) >= 11 is 0. The molecule has 0 atom stereocenters. The van der Waals surface area contributed by atoms with Gasteiger partial charge in [0.05, 0.1) is 17.5 Å². The Morgan fingerprint density at radius 1 is 1.15 bits per heavy atom. The van der Waals surface area contributed by atoms with Crippen LogP contribution in [0.15, 0.2) is 47.3 Å². The number of carbonyl (C=O) groups excluding carboxylic acids is 1. The number of nitro benzene ring substituents is 1. The SMILES string of the molecule is CC(=O)O.COC(=O)Cn1c(=O)c2ccccc2c2ccc([N+](=O)[O-])cc21. The van der Waals surface area contributed by atoms with Gasteiger partial charge in [-0.3, -0.25) is 29.1 Å². The summed E-state index contributed by atoms with van der Waals surface area (Å²) in [6.07, 6.45) is 0. The van der Waals surface area contributed by atoms with Crippen molar-refractivity contribution in [2.24, 2.45) is 0 Å². The van der Waals surface area contributed by atoms with Crippen LogP contribution in [-0.2, 0) is 20.9 Å². The van der Waals surface area contributed by atoms with Crippen molar-refractivity contribution >= 4 is 39.3 Å². The highest BCUT2D eigenvalue weighted by Gasteiger charge is 2.16. The van der Waals surface area contributed by atoms with Crippen LogP contribution in [0.3, 0.4) is 0 Å². The van der Waals surface area contributed by atoms with Gasteiger partial charge in [0.25, 0.3) is 17.2 Å². The van der Waals surface area contributed by atoms with Crippen LogP contribution in [0.1, 0.15) is 6.92 Å². The minimum atomic E-state index is -0.833. The number of carboxylic acids is 1. The van der Waals surface area contributed by atoms with Crippen LogP contribution in [0.2, 0.25) is 0 Å². The first-order valence-electron chi connectivity index (χ1n) is 7.72. The van der Waals surface area contributed by atoms with Gasteiger partial charge in [0.2, 0.25) is 0 Å². The van der Waals surface area contributed by atoms with E-state index in [9.17, 15) is 19.7 Å². The molecule has 3 rings (SSSR count). The quantitative estimate of drug-likeness (QED) is 0.323. The lowest BCUT2D eigenvalue weighted by Crippen LogP contribution is -2.25. The maximum atomic E-state index is 12.7. The fraction of sp³-hybridized carbons (Fsp3) is 0.167. The number of nitrogens with zero attached hydrogens (tertiary/aromatic N) is 2. The summed E-state index contributed by atoms with van der Waals surface area (Å²) < 4.78 is 5.82. The molecule has 1 heterocycles. The molecule has 0 radical (unpaired) electrons. The van der Waals surface area contributed by atoms with E-state index in [0.717, 1.165) is 6.92 Å². The molecule has 0 aliphatic carbocycles. The maximum Gasteiger partial charge on any atom is 0.325 e. The van der Waals surface area contributed by atoms with Crippen LogP contribution in [0, 0.1) is 10.1 Å². The number of carbonyl (C=O) groups is 2. The molecule has 0 spiro atoms. The number of hydrogen-bond donors (Lipinski definition) is 1. The average molecular weight is 372 g/mol. The summed E-state index contributed by atoms with van der Waals surface area (Å²) in [6.45, 7) is 0.776. The minimum Gasteiger partial charge on any atom is -0.481 e. The molecule has 0 bridgehead atoms. The lowest BCUT2D eigenvalue weighted by molar-refractivity contribution is -0.384. The van der Waals surface area contributed by atoms with Crippen LogP contribution in [0.5, 0.6) is 0 Å². The number of esters is 1. The number of hydrogen-bond acceptors (Lipinski definition) is 6. The van der Waals surface area contributed by atoms with E-state index in [1.54, 1.807) is 30.3 Å². The van der Waals surface area contributed by atoms with Crippen molar-refractivity contribution in [3.63, 3.8) is 0 Å². The van der Waals surface area contributed by atoms with Gasteiger partial charge >= 0.3 is 5.97 Å². The van der Waals surface area contributed by atoms with Gasteiger partial charge in [-0.05, 0) is 17.5 Å². The number of ether oxygens (including phenoxy) is 1. The zero-order chi connectivity index (χ0) is 20.1. The van der Waals surface area contributed by atoms with Gasteiger partial charge in [-0.25, -0.2) is 0 Å². The highest BCUT2D eigenvalue weighted by atomic mass is 16.6. The highest BCUT2D eigenvalue weighted by Crippen LogP contribution is 2.26. The Bertz CT molecular complexity index is 1100. The van der Waals surface area contributed by atoms with Crippen LogP contribution >= 0.6 is 0 Å². The molecule has 1 N–H and O–H groups in total. The Balaban J connectivity index is 0.000000596. The normalized spacial score (nSPS) is 10.1. The Labute approximate surface area is 152 Å². The van der Waals surface area contributed by atoms with Gasteiger partial charge in [-0.1, -0.05) is 18.2 Å². The van der Waals surface area contributed by atoms with Crippen molar-refractivity contribution in [1.82, 2.24) is 4.57 Å². The van der Waals surface area contributed by atoms with Crippen molar-refractivity contribution < 1.29 is 24.4 Å². The van der Waals surface area contributed by atoms with Gasteiger partial charge in [-0.15, -0.1) is 0 Å². The Kier molecular flexibility index (Phi) is 5.86. The van der Waals surface area contributed by atoms with E-state index in [1.807, 2.05) is 0 Å². The second kappa shape index (κ2) is 8.09. The van der Waals surface area contributed by atoms with Crippen LogP contribution < -0.4 is 5.56 Å². The monoisotopic (exact) mass is 372 g/mol. The number of non-ortho nitro benzene ring substituents is 1. The van der Waals surface area contributed by atoms with E-state index < -0.39 is 16.9 Å². The summed E-state index contributed by atoms with van der Waals surface area (Å²) in [6, 6.07) is 11.2. The summed E-state index contributed by atoms with van der Waals surface area (Å²) in [5.41, 5.74) is -0.210. The molecule has 27 heavy (non-hydrogen) atoms. The van der Waals surface area contributed by atoms with Gasteiger partial charge < -0.3 is 9.84 Å². The third-order valence-corrected chi connectivity index (χ3v) is 3.69. The molecule has 0 fully saturated rings. The van der Waals surface area contributed by atoms with Crippen molar-refractivity contribution in [1.29, 1.82) is 0 Å². The molecule has 140 valence electrons. The van der Waals surface area contributed by atoms with Crippen molar-refractivity contribution in [3.8, 4) is 0 Å². The molecule has 9 nitrogen and oxygen atoms in total. The predicted molar refractivity (Wildman–Crippen MR) is 97.7 cm³/mol. The topological polar surface area (TPSA) is 129 Å². The highest BCUT2D eigenvalue weighted by molar-refractivity contribution is 6.06. The molecular weight excluding hydrogens is 356 g/mol. The predicted octanol–water partition coefficient (Wildman–Crippen LogP) is 2.33. The fourth-order valence-corrected chi connectivity index (χ4v) is 2.59. The van der Waals surface area contributed by atoms with E-state index in [-0.39, 0.29) is 17.8 Å². The second-order valence-corrected chi connectivity index (χ2v) is 5.49. The summed E-state index contributed by atoms with van der Waals surface area (Å²) in [4.78, 5) is 43.7. The Morgan fingerprint density at radius 2 is 1.74 bits per heavy atom. The first-order valence-corrected chi connectivity index (χ1v) is 7.72. The standard InChI is InChI=1S/C16H12N2O5.C2H4O2/c1-23-15(19)9-17-14-8-10(18(21)22)6-7-12(14)11-4-2-3-5-13(11)16(17)20;1-2(3)4/h2-8H,9H2,1H3;1H3,(H,3,4). The van der Waals surface area contributed by atoms with Crippen LogP contribution in [0.4, 0.5) is 5.69 Å². The van der Waals surface area contributed by atoms with E-state index in [1.165, 1.54) is 23.8 Å². The van der Waals surface area contributed by atoms with E-state index >= 15 is 0 Å². The molecule has 0 aliphatic rings. The number of rotatable bonds is 3. The molecule has 1 aromatic heterocycles. The number of carboxylic acid groups (broad SMARTS) is 1. The zero-order valence-corrected chi connectivity index (χ0v) is 14.5. The van der Waals surface area contributed by atoms with Crippen LogP contribution in [0.25, 0.3) is 21.7 Å². The molecule has 0 aliphatic heterocycles. The molecular formula is C18H16N2O7. The average Bonchev–Trinajstić information content (AvgIpc) is 2.64. The maximum absolute atomic E-state index is 12.7.